The molecule has 1 aromatic rings. The standard InChI is InChI=1S/C7H6F3N.3C2H6/c1-5-4-6(2-3-11-5)7(8,9)10;3*1-2/h2-4H,1H3;3*1-2H3. The average Bonchev–Trinajstić information content (AvgIpc) is 2.36. The quantitative estimate of drug-likeness (QED) is 0.594. The highest BCUT2D eigenvalue weighted by atomic mass is 19.4. The molecule has 0 saturated carbocycles. The molecule has 0 radical (unpaired) electrons. The Labute approximate surface area is 103 Å². The molecule has 1 aromatic heterocycles. The summed E-state index contributed by atoms with van der Waals surface area (Å²) in [6, 6.07) is 1.97. The summed E-state index contributed by atoms with van der Waals surface area (Å²) in [6.45, 7) is 13.5. The summed E-state index contributed by atoms with van der Waals surface area (Å²) in [5.41, 5.74) is -0.273. The van der Waals surface area contributed by atoms with Gasteiger partial charge >= 0.3 is 6.18 Å². The summed E-state index contributed by atoms with van der Waals surface area (Å²) in [5, 5.41) is 0. The number of pyridine rings is 1. The highest BCUT2D eigenvalue weighted by molar-refractivity contribution is 5.18. The molecule has 1 heterocycles. The van der Waals surface area contributed by atoms with Crippen LogP contribution in [0, 0.1) is 6.92 Å². The molecule has 0 fully saturated rings. The summed E-state index contributed by atoms with van der Waals surface area (Å²) in [5.74, 6) is 0. The number of alkyl halides is 3. The second kappa shape index (κ2) is 13.0. The molecule has 0 N–H and O–H groups in total. The van der Waals surface area contributed by atoms with E-state index in [9.17, 15) is 13.2 Å². The van der Waals surface area contributed by atoms with Gasteiger partial charge in [0.25, 0.3) is 0 Å². The maximum Gasteiger partial charge on any atom is 0.416 e. The molecule has 102 valence electrons. The van der Waals surface area contributed by atoms with Gasteiger partial charge in [0.15, 0.2) is 0 Å². The normalized spacial score (nSPS) is 8.59. The molecule has 0 aromatic carbocycles. The van der Waals surface area contributed by atoms with Crippen molar-refractivity contribution in [3.05, 3.63) is 29.6 Å². The molecule has 0 amide bonds. The first kappa shape index (κ1) is 21.2. The lowest BCUT2D eigenvalue weighted by Crippen LogP contribution is -2.05. The molecule has 0 atom stereocenters. The number of aryl methyl sites for hydroxylation is 1. The predicted octanol–water partition coefficient (Wildman–Crippen LogP) is 5.49. The van der Waals surface area contributed by atoms with Crippen molar-refractivity contribution in [3.8, 4) is 0 Å². The fraction of sp³-hybridized carbons (Fsp3) is 0.615. The number of hydrogen-bond donors (Lipinski definition) is 0. The number of rotatable bonds is 0. The minimum Gasteiger partial charge on any atom is -0.262 e. The van der Waals surface area contributed by atoms with Crippen LogP contribution in [-0.4, -0.2) is 4.98 Å². The van der Waals surface area contributed by atoms with Crippen LogP contribution in [0.5, 0.6) is 0 Å². The van der Waals surface area contributed by atoms with Gasteiger partial charge in [-0.2, -0.15) is 13.2 Å². The molecular formula is C13H24F3N. The van der Waals surface area contributed by atoms with Crippen molar-refractivity contribution >= 4 is 0 Å². The molecule has 0 aliphatic carbocycles. The van der Waals surface area contributed by atoms with Crippen LogP contribution >= 0.6 is 0 Å². The fourth-order valence-corrected chi connectivity index (χ4v) is 0.722. The molecule has 0 spiro atoms. The van der Waals surface area contributed by atoms with E-state index in [1.54, 1.807) is 0 Å². The van der Waals surface area contributed by atoms with Crippen LogP contribution in [0.3, 0.4) is 0 Å². The smallest absolute Gasteiger partial charge is 0.262 e. The third-order valence-electron chi connectivity index (χ3n) is 1.22. The molecule has 0 aliphatic heterocycles. The van der Waals surface area contributed by atoms with Crippen LogP contribution in [0.15, 0.2) is 18.3 Å². The van der Waals surface area contributed by atoms with Gasteiger partial charge in [-0.25, -0.2) is 0 Å². The summed E-state index contributed by atoms with van der Waals surface area (Å²) >= 11 is 0. The van der Waals surface area contributed by atoms with Crippen LogP contribution in [-0.2, 0) is 6.18 Å². The van der Waals surface area contributed by atoms with E-state index in [1.165, 1.54) is 6.92 Å². The molecule has 1 nitrogen and oxygen atoms in total. The minimum atomic E-state index is -4.26. The first-order valence-corrected chi connectivity index (χ1v) is 6.00. The highest BCUT2D eigenvalue weighted by Crippen LogP contribution is 2.28. The molecule has 17 heavy (non-hydrogen) atoms. The molecule has 1 rings (SSSR count). The van der Waals surface area contributed by atoms with Crippen molar-refractivity contribution in [1.82, 2.24) is 4.98 Å². The third kappa shape index (κ3) is 11.2. The number of hydrogen-bond acceptors (Lipinski definition) is 1. The second-order valence-electron chi connectivity index (χ2n) is 2.18. The van der Waals surface area contributed by atoms with Crippen LogP contribution in [0.4, 0.5) is 13.2 Å². The van der Waals surface area contributed by atoms with Crippen molar-refractivity contribution in [3.63, 3.8) is 0 Å². The lowest BCUT2D eigenvalue weighted by Gasteiger charge is -2.05. The summed E-state index contributed by atoms with van der Waals surface area (Å²) in [4.78, 5) is 3.65. The van der Waals surface area contributed by atoms with Crippen LogP contribution in [0.25, 0.3) is 0 Å². The molecule has 4 heteroatoms. The number of nitrogens with zero attached hydrogens (tertiary/aromatic N) is 1. The van der Waals surface area contributed by atoms with Crippen LogP contribution < -0.4 is 0 Å². The molecule has 0 unspecified atom stereocenters. The van der Waals surface area contributed by atoms with Crippen molar-refractivity contribution in [2.24, 2.45) is 0 Å². The van der Waals surface area contributed by atoms with Gasteiger partial charge < -0.3 is 0 Å². The zero-order valence-electron chi connectivity index (χ0n) is 11.8. The van der Waals surface area contributed by atoms with Crippen molar-refractivity contribution in [1.29, 1.82) is 0 Å². The number of aromatic nitrogens is 1. The van der Waals surface area contributed by atoms with Gasteiger partial charge in [0.05, 0.1) is 5.56 Å². The largest absolute Gasteiger partial charge is 0.416 e. The van der Waals surface area contributed by atoms with Crippen molar-refractivity contribution in [2.75, 3.05) is 0 Å². The minimum absolute atomic E-state index is 0.375. The van der Waals surface area contributed by atoms with E-state index >= 15 is 0 Å². The van der Waals surface area contributed by atoms with Gasteiger partial charge in [0.1, 0.15) is 0 Å². The summed E-state index contributed by atoms with van der Waals surface area (Å²) in [7, 11) is 0. The third-order valence-corrected chi connectivity index (χ3v) is 1.22. The Bertz CT molecular complexity index is 257. The fourth-order valence-electron chi connectivity index (χ4n) is 0.722. The Kier molecular flexibility index (Phi) is 16.3. The van der Waals surface area contributed by atoms with Gasteiger partial charge in [-0.3, -0.25) is 4.98 Å². The van der Waals surface area contributed by atoms with Crippen LogP contribution in [0.2, 0.25) is 0 Å². The Morgan fingerprint density at radius 1 is 0.941 bits per heavy atom. The molecular weight excluding hydrogens is 227 g/mol. The second-order valence-corrected chi connectivity index (χ2v) is 2.18. The monoisotopic (exact) mass is 251 g/mol. The Hall–Kier alpha value is -1.06. The van der Waals surface area contributed by atoms with E-state index in [4.69, 9.17) is 0 Å². The van der Waals surface area contributed by atoms with Crippen LogP contribution in [0.1, 0.15) is 52.8 Å². The maximum atomic E-state index is 11.9. The van der Waals surface area contributed by atoms with Gasteiger partial charge in [-0.1, -0.05) is 41.5 Å². The lowest BCUT2D eigenvalue weighted by atomic mass is 10.2. The van der Waals surface area contributed by atoms with Gasteiger partial charge in [0, 0.05) is 11.9 Å². The van der Waals surface area contributed by atoms with Crippen molar-refractivity contribution < 1.29 is 13.2 Å². The zero-order valence-corrected chi connectivity index (χ0v) is 11.8. The highest BCUT2D eigenvalue weighted by Gasteiger charge is 2.30. The lowest BCUT2D eigenvalue weighted by molar-refractivity contribution is -0.137. The SMILES string of the molecule is CC.CC.CC.Cc1cc(C(F)(F)F)ccn1. The maximum absolute atomic E-state index is 11.9. The topological polar surface area (TPSA) is 12.9 Å². The van der Waals surface area contributed by atoms with Gasteiger partial charge in [-0.15, -0.1) is 0 Å². The van der Waals surface area contributed by atoms with E-state index < -0.39 is 11.7 Å². The van der Waals surface area contributed by atoms with E-state index in [2.05, 4.69) is 4.98 Å². The first-order chi connectivity index (χ1) is 8.00. The average molecular weight is 251 g/mol. The van der Waals surface area contributed by atoms with E-state index in [0.717, 1.165) is 18.3 Å². The molecule has 0 saturated heterocycles. The Morgan fingerprint density at radius 3 is 1.59 bits per heavy atom. The van der Waals surface area contributed by atoms with Gasteiger partial charge in [-0.05, 0) is 19.1 Å². The number of halogens is 3. The Balaban J connectivity index is -0.000000285. The van der Waals surface area contributed by atoms with E-state index in [0.29, 0.717) is 5.69 Å². The predicted molar refractivity (Wildman–Crippen MR) is 68.0 cm³/mol. The zero-order chi connectivity index (χ0) is 14.5. The summed E-state index contributed by atoms with van der Waals surface area (Å²) < 4.78 is 35.8. The van der Waals surface area contributed by atoms with Gasteiger partial charge in [0.2, 0.25) is 0 Å². The molecule has 0 aliphatic rings. The van der Waals surface area contributed by atoms with E-state index in [1.807, 2.05) is 41.5 Å². The van der Waals surface area contributed by atoms with E-state index in [-0.39, 0.29) is 0 Å². The first-order valence-electron chi connectivity index (χ1n) is 6.00. The summed E-state index contributed by atoms with van der Waals surface area (Å²) in [6.07, 6.45) is -3.11. The Morgan fingerprint density at radius 2 is 1.35 bits per heavy atom. The van der Waals surface area contributed by atoms with Crippen molar-refractivity contribution in [2.45, 2.75) is 54.6 Å². The molecule has 0 bridgehead atoms.